The number of ether oxygens (including phenoxy) is 1. The summed E-state index contributed by atoms with van der Waals surface area (Å²) in [5, 5.41) is 8.67. The van der Waals surface area contributed by atoms with Gasteiger partial charge in [-0.2, -0.15) is 0 Å². The third-order valence-electron chi connectivity index (χ3n) is 3.71. The highest BCUT2D eigenvalue weighted by molar-refractivity contribution is 5.85. The smallest absolute Gasteiger partial charge is 0.407 e. The number of amides is 2. The van der Waals surface area contributed by atoms with Crippen molar-refractivity contribution in [3.63, 3.8) is 0 Å². The van der Waals surface area contributed by atoms with E-state index in [1.54, 1.807) is 6.08 Å². The summed E-state index contributed by atoms with van der Waals surface area (Å²) >= 11 is 0. The van der Waals surface area contributed by atoms with Crippen LogP contribution in [0, 0.1) is 5.92 Å². The van der Waals surface area contributed by atoms with Crippen LogP contribution in [0.3, 0.4) is 0 Å². The highest BCUT2D eigenvalue weighted by atomic mass is 35.5. The van der Waals surface area contributed by atoms with Crippen LogP contribution in [-0.2, 0) is 16.1 Å². The van der Waals surface area contributed by atoms with Gasteiger partial charge in [0, 0.05) is 19.6 Å². The van der Waals surface area contributed by atoms with Gasteiger partial charge in [0.1, 0.15) is 6.61 Å². The van der Waals surface area contributed by atoms with Gasteiger partial charge in [-0.15, -0.1) is 19.0 Å². The van der Waals surface area contributed by atoms with Crippen molar-refractivity contribution in [2.24, 2.45) is 5.92 Å². The summed E-state index contributed by atoms with van der Waals surface area (Å²) in [6.45, 7) is 5.47. The van der Waals surface area contributed by atoms with E-state index in [4.69, 9.17) is 4.74 Å². The van der Waals surface area contributed by atoms with Crippen LogP contribution in [0.5, 0.6) is 0 Å². The van der Waals surface area contributed by atoms with Crippen molar-refractivity contribution in [2.75, 3.05) is 19.6 Å². The molecule has 2 atom stereocenters. The van der Waals surface area contributed by atoms with E-state index in [1.807, 2.05) is 30.3 Å². The van der Waals surface area contributed by atoms with Gasteiger partial charge >= 0.3 is 6.09 Å². The first-order valence-electron chi connectivity index (χ1n) is 7.75. The number of halogens is 1. The van der Waals surface area contributed by atoms with Crippen molar-refractivity contribution >= 4 is 24.4 Å². The zero-order chi connectivity index (χ0) is 16.5. The molecule has 1 saturated heterocycles. The van der Waals surface area contributed by atoms with Gasteiger partial charge in [0.05, 0.1) is 6.04 Å². The lowest BCUT2D eigenvalue weighted by Crippen LogP contribution is -2.40. The van der Waals surface area contributed by atoms with Crippen LogP contribution < -0.4 is 16.0 Å². The predicted octanol–water partition coefficient (Wildman–Crippen LogP) is 1.61. The van der Waals surface area contributed by atoms with Crippen molar-refractivity contribution in [3.8, 4) is 0 Å². The van der Waals surface area contributed by atoms with Crippen LogP contribution in [0.2, 0.25) is 0 Å². The van der Waals surface area contributed by atoms with Crippen molar-refractivity contribution in [1.29, 1.82) is 0 Å². The molecule has 2 amide bonds. The van der Waals surface area contributed by atoms with Gasteiger partial charge in [0.15, 0.2) is 0 Å². The van der Waals surface area contributed by atoms with Gasteiger partial charge < -0.3 is 20.7 Å². The van der Waals surface area contributed by atoms with Gasteiger partial charge in [-0.1, -0.05) is 36.4 Å². The minimum atomic E-state index is -0.437. The summed E-state index contributed by atoms with van der Waals surface area (Å²) in [6.07, 6.45) is 1.91. The second kappa shape index (κ2) is 10.7. The van der Waals surface area contributed by atoms with E-state index in [1.165, 1.54) is 0 Å². The van der Waals surface area contributed by atoms with Crippen molar-refractivity contribution in [2.45, 2.75) is 19.1 Å². The molecule has 0 saturated carbocycles. The molecule has 2 rings (SSSR count). The van der Waals surface area contributed by atoms with Gasteiger partial charge in [0.25, 0.3) is 0 Å². The fraction of sp³-hybridized carbons (Fsp3) is 0.412. The molecule has 0 radical (unpaired) electrons. The third-order valence-corrected chi connectivity index (χ3v) is 3.71. The van der Waals surface area contributed by atoms with Crippen LogP contribution in [-0.4, -0.2) is 37.7 Å². The number of carbonyl (C=O) groups is 2. The average molecular weight is 354 g/mol. The lowest BCUT2D eigenvalue weighted by molar-refractivity contribution is -0.122. The molecule has 0 spiro atoms. The Kier molecular flexibility index (Phi) is 8.89. The van der Waals surface area contributed by atoms with E-state index >= 15 is 0 Å². The molecule has 0 aliphatic carbocycles. The van der Waals surface area contributed by atoms with Crippen molar-refractivity contribution in [3.05, 3.63) is 48.6 Å². The molecule has 1 aliphatic rings. The number of hydrogen-bond acceptors (Lipinski definition) is 4. The summed E-state index contributed by atoms with van der Waals surface area (Å²) in [6, 6.07) is 9.32. The number of carbonyl (C=O) groups excluding carboxylic acids is 2. The maximum atomic E-state index is 11.8. The SMILES string of the molecule is C=CCNC(=O)[C@@H]1C[C@@H](CNC(=O)OCc2ccccc2)CN1.Cl. The molecule has 1 aromatic carbocycles. The summed E-state index contributed by atoms with van der Waals surface area (Å²) < 4.78 is 5.15. The molecule has 24 heavy (non-hydrogen) atoms. The topological polar surface area (TPSA) is 79.5 Å². The predicted molar refractivity (Wildman–Crippen MR) is 95.0 cm³/mol. The van der Waals surface area contributed by atoms with Crippen molar-refractivity contribution in [1.82, 2.24) is 16.0 Å². The Hall–Kier alpha value is -2.05. The number of rotatable bonds is 7. The van der Waals surface area contributed by atoms with E-state index in [9.17, 15) is 9.59 Å². The van der Waals surface area contributed by atoms with Crippen LogP contribution in [0.4, 0.5) is 4.79 Å². The standard InChI is InChI=1S/C17H23N3O3.ClH/c1-2-8-18-16(21)15-9-14(10-19-15)11-20-17(22)23-12-13-6-4-3-5-7-13;/h2-7,14-15,19H,1,8-12H2,(H,18,21)(H,20,22);1H/t14-,15+;/m1./s1. The molecule has 0 bridgehead atoms. The molecule has 0 aromatic heterocycles. The van der Waals surface area contributed by atoms with Gasteiger partial charge in [0.2, 0.25) is 5.91 Å². The minimum absolute atomic E-state index is 0. The zero-order valence-corrected chi connectivity index (χ0v) is 14.3. The monoisotopic (exact) mass is 353 g/mol. The summed E-state index contributed by atoms with van der Waals surface area (Å²) in [4.78, 5) is 23.5. The molecule has 3 N–H and O–H groups in total. The van der Waals surface area contributed by atoms with E-state index in [0.29, 0.717) is 26.1 Å². The summed E-state index contributed by atoms with van der Waals surface area (Å²) in [5.41, 5.74) is 0.948. The van der Waals surface area contributed by atoms with Gasteiger partial charge in [-0.25, -0.2) is 4.79 Å². The largest absolute Gasteiger partial charge is 0.445 e. The van der Waals surface area contributed by atoms with Crippen LogP contribution in [0.15, 0.2) is 43.0 Å². The average Bonchev–Trinajstić information content (AvgIpc) is 3.06. The normalized spacial score (nSPS) is 19.0. The lowest BCUT2D eigenvalue weighted by Gasteiger charge is -2.12. The van der Waals surface area contributed by atoms with E-state index < -0.39 is 6.09 Å². The molecular formula is C17H24ClN3O3. The number of nitrogens with one attached hydrogen (secondary N) is 3. The Morgan fingerprint density at radius 2 is 2.04 bits per heavy atom. The Bertz CT molecular complexity index is 539. The van der Waals surface area contributed by atoms with Crippen LogP contribution in [0.25, 0.3) is 0 Å². The Balaban J connectivity index is 0.00000288. The number of hydrogen-bond donors (Lipinski definition) is 3. The van der Waals surface area contributed by atoms with Crippen LogP contribution in [0.1, 0.15) is 12.0 Å². The summed E-state index contributed by atoms with van der Waals surface area (Å²) in [5.74, 6) is 0.192. The second-order valence-corrected chi connectivity index (χ2v) is 5.54. The van der Waals surface area contributed by atoms with Gasteiger partial charge in [-0.3, -0.25) is 4.79 Å². The first-order valence-corrected chi connectivity index (χ1v) is 7.75. The number of benzene rings is 1. The lowest BCUT2D eigenvalue weighted by atomic mass is 10.1. The molecule has 7 heteroatoms. The van der Waals surface area contributed by atoms with Crippen LogP contribution >= 0.6 is 12.4 Å². The molecule has 1 aliphatic heterocycles. The Morgan fingerprint density at radius 1 is 1.29 bits per heavy atom. The van der Waals surface area contributed by atoms with E-state index in [2.05, 4.69) is 22.5 Å². The fourth-order valence-electron chi connectivity index (χ4n) is 2.46. The fourth-order valence-corrected chi connectivity index (χ4v) is 2.46. The second-order valence-electron chi connectivity index (χ2n) is 5.54. The molecule has 0 unspecified atom stereocenters. The van der Waals surface area contributed by atoms with E-state index in [0.717, 1.165) is 5.56 Å². The molecular weight excluding hydrogens is 330 g/mol. The molecule has 6 nitrogen and oxygen atoms in total. The summed E-state index contributed by atoms with van der Waals surface area (Å²) in [7, 11) is 0. The molecule has 1 aromatic rings. The highest BCUT2D eigenvalue weighted by Crippen LogP contribution is 2.13. The van der Waals surface area contributed by atoms with Gasteiger partial charge in [-0.05, 0) is 17.9 Å². The number of alkyl carbamates (subject to hydrolysis) is 1. The quantitative estimate of drug-likeness (QED) is 0.651. The molecule has 1 heterocycles. The maximum absolute atomic E-state index is 11.8. The maximum Gasteiger partial charge on any atom is 0.407 e. The molecule has 1 fully saturated rings. The first kappa shape index (κ1) is 20.0. The van der Waals surface area contributed by atoms with E-state index in [-0.39, 0.29) is 36.9 Å². The molecule has 132 valence electrons. The van der Waals surface area contributed by atoms with Crippen molar-refractivity contribution < 1.29 is 14.3 Å². The zero-order valence-electron chi connectivity index (χ0n) is 13.5. The Labute approximate surface area is 148 Å². The third kappa shape index (κ3) is 6.60. The Morgan fingerprint density at radius 3 is 2.75 bits per heavy atom. The first-order chi connectivity index (χ1) is 11.2. The minimum Gasteiger partial charge on any atom is -0.445 e. The highest BCUT2D eigenvalue weighted by Gasteiger charge is 2.29.